The van der Waals surface area contributed by atoms with Gasteiger partial charge < -0.3 is 9.30 Å². The molecule has 3 heteroatoms. The highest BCUT2D eigenvalue weighted by atomic mass is 16.5. The van der Waals surface area contributed by atoms with Gasteiger partial charge in [0.2, 0.25) is 0 Å². The number of hydrogen-bond donors (Lipinski definition) is 0. The van der Waals surface area contributed by atoms with Crippen LogP contribution in [0.4, 0.5) is 0 Å². The van der Waals surface area contributed by atoms with Crippen molar-refractivity contribution in [2.24, 2.45) is 11.8 Å². The molecule has 0 N–H and O–H groups in total. The highest BCUT2D eigenvalue weighted by molar-refractivity contribution is 5.92. The van der Waals surface area contributed by atoms with Gasteiger partial charge in [-0.1, -0.05) is 33.8 Å². The minimum absolute atomic E-state index is 0.281. The van der Waals surface area contributed by atoms with Gasteiger partial charge in [-0.3, -0.25) is 0 Å². The summed E-state index contributed by atoms with van der Waals surface area (Å²) in [5, 5.41) is 1.22. The lowest BCUT2D eigenvalue weighted by Gasteiger charge is -2.24. The van der Waals surface area contributed by atoms with Gasteiger partial charge in [0.25, 0.3) is 0 Å². The number of carbonyl (C=O) groups excluding carboxylic acids is 1. The maximum atomic E-state index is 11.7. The van der Waals surface area contributed by atoms with E-state index < -0.39 is 0 Å². The van der Waals surface area contributed by atoms with Crippen molar-refractivity contribution in [3.63, 3.8) is 0 Å². The summed E-state index contributed by atoms with van der Waals surface area (Å²) in [7, 11) is 0. The minimum atomic E-state index is -0.281. The fourth-order valence-electron chi connectivity index (χ4n) is 3.58. The van der Waals surface area contributed by atoms with Crippen LogP contribution in [0, 0.1) is 11.8 Å². The molecule has 0 atom stereocenters. The highest BCUT2D eigenvalue weighted by Gasteiger charge is 2.17. The van der Waals surface area contributed by atoms with Gasteiger partial charge >= 0.3 is 5.97 Å². The maximum absolute atomic E-state index is 11.7. The number of fused-ring (bicyclic) bond motifs is 1. The predicted octanol–water partition coefficient (Wildman–Crippen LogP) is 6.24. The first-order valence-electron chi connectivity index (χ1n) is 9.77. The van der Waals surface area contributed by atoms with Crippen LogP contribution in [0.1, 0.15) is 66.0 Å². The van der Waals surface area contributed by atoms with Gasteiger partial charge in [0.05, 0.1) is 6.61 Å². The Hall–Kier alpha value is -2.03. The summed E-state index contributed by atoms with van der Waals surface area (Å²) in [6.45, 7) is 13.3. The molecule has 0 saturated carbocycles. The number of benzene rings is 1. The van der Waals surface area contributed by atoms with E-state index >= 15 is 0 Å². The molecule has 3 nitrogen and oxygen atoms in total. The lowest BCUT2D eigenvalue weighted by atomic mass is 9.95. The third kappa shape index (κ3) is 5.23. The normalized spacial score (nSPS) is 12.6. The van der Waals surface area contributed by atoms with E-state index in [9.17, 15) is 4.79 Å². The number of esters is 1. The SMILES string of the molecule is CCOC(=O)/C=C(\C)c1ccc2c(ccn2C(CC(C)C)CC(C)C)c1. The van der Waals surface area contributed by atoms with Crippen LogP contribution in [-0.2, 0) is 9.53 Å². The Kier molecular flexibility index (Phi) is 7.07. The number of ether oxygens (including phenoxy) is 1. The molecule has 1 aromatic carbocycles. The van der Waals surface area contributed by atoms with Crippen molar-refractivity contribution >= 4 is 22.4 Å². The molecule has 26 heavy (non-hydrogen) atoms. The van der Waals surface area contributed by atoms with Crippen molar-refractivity contribution in [2.75, 3.05) is 6.61 Å². The summed E-state index contributed by atoms with van der Waals surface area (Å²) in [6.07, 6.45) is 6.16. The molecule has 0 aliphatic rings. The van der Waals surface area contributed by atoms with Crippen molar-refractivity contribution in [3.8, 4) is 0 Å². The van der Waals surface area contributed by atoms with Crippen LogP contribution in [0.15, 0.2) is 36.5 Å². The van der Waals surface area contributed by atoms with E-state index in [2.05, 4.69) is 62.7 Å². The third-order valence-electron chi connectivity index (χ3n) is 4.68. The Bertz CT molecular complexity index is 758. The molecule has 0 aliphatic heterocycles. The molecule has 0 unspecified atom stereocenters. The first-order chi connectivity index (χ1) is 12.3. The Labute approximate surface area is 158 Å². The third-order valence-corrected chi connectivity index (χ3v) is 4.68. The van der Waals surface area contributed by atoms with Gasteiger partial charge in [-0.2, -0.15) is 0 Å². The molecule has 2 rings (SSSR count). The number of aromatic nitrogens is 1. The lowest BCUT2D eigenvalue weighted by Crippen LogP contribution is -2.13. The number of carbonyl (C=O) groups is 1. The second kappa shape index (κ2) is 9.07. The Balaban J connectivity index is 2.34. The topological polar surface area (TPSA) is 31.2 Å². The Morgan fingerprint density at radius 2 is 1.77 bits per heavy atom. The summed E-state index contributed by atoms with van der Waals surface area (Å²) in [4.78, 5) is 11.7. The average Bonchev–Trinajstić information content (AvgIpc) is 2.96. The Morgan fingerprint density at radius 1 is 1.12 bits per heavy atom. The standard InChI is InChI=1S/C23H33NO2/c1-7-26-23(25)14-18(6)19-8-9-22-20(15-19)10-11-24(22)21(12-16(2)3)13-17(4)5/h8-11,14-17,21H,7,12-13H2,1-6H3/b18-14+. The molecule has 0 radical (unpaired) electrons. The number of allylic oxidation sites excluding steroid dienone is 1. The molecule has 1 heterocycles. The van der Waals surface area contributed by atoms with Crippen molar-refractivity contribution in [1.82, 2.24) is 4.57 Å². The number of hydrogen-bond acceptors (Lipinski definition) is 2. The van der Waals surface area contributed by atoms with Crippen LogP contribution in [0.3, 0.4) is 0 Å². The molecule has 2 aromatic rings. The summed E-state index contributed by atoms with van der Waals surface area (Å²) in [6, 6.07) is 9.16. The monoisotopic (exact) mass is 355 g/mol. The second-order valence-corrected chi connectivity index (χ2v) is 7.99. The lowest BCUT2D eigenvalue weighted by molar-refractivity contribution is -0.137. The first kappa shape index (κ1) is 20.3. The van der Waals surface area contributed by atoms with Crippen molar-refractivity contribution in [2.45, 2.75) is 60.4 Å². The van der Waals surface area contributed by atoms with Crippen LogP contribution in [0.5, 0.6) is 0 Å². The van der Waals surface area contributed by atoms with Gasteiger partial charge in [-0.05, 0) is 67.9 Å². The molecular weight excluding hydrogens is 322 g/mol. The van der Waals surface area contributed by atoms with Gasteiger partial charge in [-0.15, -0.1) is 0 Å². The summed E-state index contributed by atoms with van der Waals surface area (Å²) in [5.74, 6) is 1.06. The quantitative estimate of drug-likeness (QED) is 0.414. The van der Waals surface area contributed by atoms with Gasteiger partial charge in [0.1, 0.15) is 0 Å². The van der Waals surface area contributed by atoms with Crippen LogP contribution in [-0.4, -0.2) is 17.1 Å². The van der Waals surface area contributed by atoms with E-state index in [1.807, 2.05) is 13.8 Å². The minimum Gasteiger partial charge on any atom is -0.463 e. The molecular formula is C23H33NO2. The van der Waals surface area contributed by atoms with Crippen molar-refractivity contribution < 1.29 is 9.53 Å². The average molecular weight is 356 g/mol. The largest absolute Gasteiger partial charge is 0.463 e. The highest BCUT2D eigenvalue weighted by Crippen LogP contribution is 2.31. The molecule has 0 fully saturated rings. The molecule has 0 bridgehead atoms. The van der Waals surface area contributed by atoms with Crippen LogP contribution < -0.4 is 0 Å². The fourth-order valence-corrected chi connectivity index (χ4v) is 3.58. The van der Waals surface area contributed by atoms with Gasteiger partial charge in [-0.25, -0.2) is 4.79 Å². The van der Waals surface area contributed by atoms with E-state index in [-0.39, 0.29) is 5.97 Å². The summed E-state index contributed by atoms with van der Waals surface area (Å²) in [5.41, 5.74) is 3.26. The Morgan fingerprint density at radius 3 is 2.35 bits per heavy atom. The zero-order valence-electron chi connectivity index (χ0n) is 17.1. The predicted molar refractivity (Wildman–Crippen MR) is 110 cm³/mol. The zero-order valence-corrected chi connectivity index (χ0v) is 17.1. The van der Waals surface area contributed by atoms with E-state index in [4.69, 9.17) is 4.74 Å². The molecule has 0 amide bonds. The van der Waals surface area contributed by atoms with Crippen molar-refractivity contribution in [3.05, 3.63) is 42.1 Å². The second-order valence-electron chi connectivity index (χ2n) is 7.99. The van der Waals surface area contributed by atoms with Crippen LogP contribution in [0.2, 0.25) is 0 Å². The maximum Gasteiger partial charge on any atom is 0.331 e. The number of rotatable bonds is 8. The molecule has 1 aromatic heterocycles. The van der Waals surface area contributed by atoms with Gasteiger partial charge in [0.15, 0.2) is 0 Å². The smallest absolute Gasteiger partial charge is 0.331 e. The summed E-state index contributed by atoms with van der Waals surface area (Å²) < 4.78 is 7.45. The van der Waals surface area contributed by atoms with E-state index in [0.717, 1.165) is 11.1 Å². The zero-order chi connectivity index (χ0) is 19.3. The van der Waals surface area contributed by atoms with Crippen molar-refractivity contribution in [1.29, 1.82) is 0 Å². The first-order valence-corrected chi connectivity index (χ1v) is 9.77. The summed E-state index contributed by atoms with van der Waals surface area (Å²) >= 11 is 0. The van der Waals surface area contributed by atoms with E-state index in [0.29, 0.717) is 24.5 Å². The van der Waals surface area contributed by atoms with Gasteiger partial charge in [0, 0.05) is 29.2 Å². The molecule has 0 aliphatic carbocycles. The molecule has 142 valence electrons. The van der Waals surface area contributed by atoms with Crippen LogP contribution in [0.25, 0.3) is 16.5 Å². The molecule has 0 spiro atoms. The molecule has 0 saturated heterocycles. The number of nitrogens with zero attached hydrogens (tertiary/aromatic N) is 1. The fraction of sp³-hybridized carbons (Fsp3) is 0.522. The van der Waals surface area contributed by atoms with Crippen LogP contribution >= 0.6 is 0 Å². The van der Waals surface area contributed by atoms with E-state index in [1.54, 1.807) is 6.08 Å². The van der Waals surface area contributed by atoms with E-state index in [1.165, 1.54) is 23.7 Å².